The molecule has 6 heteroatoms. The van der Waals surface area contributed by atoms with E-state index in [0.29, 0.717) is 12.8 Å². The lowest BCUT2D eigenvalue weighted by molar-refractivity contribution is 0.0603. The van der Waals surface area contributed by atoms with E-state index in [9.17, 15) is 13.2 Å². The molecule has 0 aromatic carbocycles. The van der Waals surface area contributed by atoms with Crippen LogP contribution in [0.25, 0.3) is 0 Å². The van der Waals surface area contributed by atoms with Crippen LogP contribution in [-0.4, -0.2) is 42.8 Å². The molecule has 0 saturated carbocycles. The van der Waals surface area contributed by atoms with Crippen molar-refractivity contribution < 1.29 is 13.2 Å². The lowest BCUT2D eigenvalue weighted by atomic mass is 10.0. The summed E-state index contributed by atoms with van der Waals surface area (Å²) in [5, 5.41) is 1.63. The van der Waals surface area contributed by atoms with Gasteiger partial charge >= 0.3 is 0 Å². The van der Waals surface area contributed by atoms with E-state index >= 15 is 0 Å². The van der Waals surface area contributed by atoms with Crippen molar-refractivity contribution in [2.45, 2.75) is 43.0 Å². The molecule has 19 heavy (non-hydrogen) atoms. The minimum absolute atomic E-state index is 0.0782. The number of thiophene rings is 1. The summed E-state index contributed by atoms with van der Waals surface area (Å²) in [7, 11) is -2.99. The Morgan fingerprint density at radius 3 is 2.42 bits per heavy atom. The molecule has 1 aromatic rings. The van der Waals surface area contributed by atoms with E-state index in [4.69, 9.17) is 0 Å². The lowest BCUT2D eigenvalue weighted by Gasteiger charge is -2.38. The van der Waals surface area contributed by atoms with Crippen LogP contribution in [0.5, 0.6) is 0 Å². The topological polar surface area (TPSA) is 54.5 Å². The van der Waals surface area contributed by atoms with E-state index in [1.807, 2.05) is 22.4 Å². The van der Waals surface area contributed by atoms with Gasteiger partial charge in [0.2, 0.25) is 0 Å². The maximum absolute atomic E-state index is 12.5. The number of piperidine rings is 1. The molecule has 4 nitrogen and oxygen atoms in total. The highest BCUT2D eigenvalue weighted by molar-refractivity contribution is 7.91. The first-order chi connectivity index (χ1) is 8.97. The number of amides is 1. The minimum atomic E-state index is -2.99. The summed E-state index contributed by atoms with van der Waals surface area (Å²) in [6, 6.07) is 3.93. The van der Waals surface area contributed by atoms with Gasteiger partial charge in [-0.15, -0.1) is 11.3 Å². The van der Waals surface area contributed by atoms with Crippen LogP contribution >= 0.6 is 11.3 Å². The summed E-state index contributed by atoms with van der Waals surface area (Å²) in [5.74, 6) is 0.0782. The Morgan fingerprint density at radius 2 is 1.95 bits per heavy atom. The van der Waals surface area contributed by atoms with Crippen molar-refractivity contribution in [3.05, 3.63) is 22.4 Å². The number of carbonyl (C=O) groups excluding carboxylic acids is 1. The summed E-state index contributed by atoms with van der Waals surface area (Å²) in [6.07, 6.45) is 4.40. The second-order valence-electron chi connectivity index (χ2n) is 5.50. The molecular weight excluding hydrogens is 282 g/mol. The average Bonchev–Trinajstić information content (AvgIpc) is 2.94. The van der Waals surface area contributed by atoms with Gasteiger partial charge in [-0.3, -0.25) is 4.79 Å². The Morgan fingerprint density at radius 1 is 1.32 bits per heavy atom. The van der Waals surface area contributed by atoms with E-state index in [1.54, 1.807) is 0 Å². The van der Waals surface area contributed by atoms with Gasteiger partial charge in [0, 0.05) is 18.3 Å². The van der Waals surface area contributed by atoms with Gasteiger partial charge in [0.15, 0.2) is 0 Å². The predicted octanol–water partition coefficient (Wildman–Crippen LogP) is 1.93. The van der Waals surface area contributed by atoms with Crippen LogP contribution in [0.15, 0.2) is 17.5 Å². The quantitative estimate of drug-likeness (QED) is 0.838. The van der Waals surface area contributed by atoms with Crippen molar-refractivity contribution in [3.63, 3.8) is 0 Å². The maximum Gasteiger partial charge on any atom is 0.264 e. The molecule has 2 unspecified atom stereocenters. The Balaban J connectivity index is 1.82. The van der Waals surface area contributed by atoms with Crippen LogP contribution in [0.4, 0.5) is 0 Å². The zero-order valence-electron chi connectivity index (χ0n) is 10.8. The molecule has 0 N–H and O–H groups in total. The predicted molar refractivity (Wildman–Crippen MR) is 75.2 cm³/mol. The molecule has 0 radical (unpaired) electrons. The Bertz CT molecular complexity index is 565. The van der Waals surface area contributed by atoms with Crippen molar-refractivity contribution in [1.82, 2.24) is 4.90 Å². The highest BCUT2D eigenvalue weighted by atomic mass is 32.2. The van der Waals surface area contributed by atoms with Gasteiger partial charge < -0.3 is 4.90 Å². The number of hydrogen-bond acceptors (Lipinski definition) is 4. The van der Waals surface area contributed by atoms with Gasteiger partial charge in [-0.05, 0) is 37.1 Å². The number of fused-ring (bicyclic) bond motifs is 2. The van der Waals surface area contributed by atoms with Crippen LogP contribution in [0.2, 0.25) is 0 Å². The van der Waals surface area contributed by atoms with E-state index in [1.165, 1.54) is 17.6 Å². The molecule has 2 atom stereocenters. The largest absolute Gasteiger partial charge is 0.332 e. The zero-order valence-corrected chi connectivity index (χ0v) is 12.4. The van der Waals surface area contributed by atoms with E-state index < -0.39 is 9.84 Å². The number of rotatable bonds is 2. The van der Waals surface area contributed by atoms with Crippen LogP contribution in [0.3, 0.4) is 0 Å². The third kappa shape index (κ3) is 2.31. The fourth-order valence-corrected chi connectivity index (χ4v) is 5.15. The van der Waals surface area contributed by atoms with Gasteiger partial charge in [-0.25, -0.2) is 8.42 Å². The van der Waals surface area contributed by atoms with E-state index in [2.05, 4.69) is 0 Å². The van der Waals surface area contributed by atoms with Crippen LogP contribution in [-0.2, 0) is 9.84 Å². The highest BCUT2D eigenvalue weighted by Crippen LogP contribution is 2.39. The monoisotopic (exact) mass is 299 g/mol. The van der Waals surface area contributed by atoms with E-state index in [-0.39, 0.29) is 23.2 Å². The molecule has 1 aromatic heterocycles. The number of hydrogen-bond donors (Lipinski definition) is 0. The molecule has 0 spiro atoms. The molecule has 2 aliphatic rings. The number of nitrogens with zero attached hydrogens (tertiary/aromatic N) is 1. The molecule has 1 amide bonds. The van der Waals surface area contributed by atoms with Gasteiger partial charge in [0.1, 0.15) is 9.84 Å². The molecule has 2 saturated heterocycles. The summed E-state index contributed by atoms with van der Waals surface area (Å²) < 4.78 is 23.4. The molecular formula is C13H17NO3S2. The van der Waals surface area contributed by atoms with Crippen molar-refractivity contribution in [3.8, 4) is 0 Å². The summed E-state index contributed by atoms with van der Waals surface area (Å²) in [6.45, 7) is 0. The molecule has 2 aliphatic heterocycles. The molecule has 3 rings (SSSR count). The third-order valence-electron chi connectivity index (χ3n) is 4.26. The SMILES string of the molecule is CS(=O)(=O)C1CC2CCC(C1)N2C(=O)c1cccs1. The zero-order chi connectivity index (χ0) is 13.6. The Hall–Kier alpha value is -0.880. The highest BCUT2D eigenvalue weighted by Gasteiger charge is 2.46. The first kappa shape index (κ1) is 13.1. The Kier molecular flexibility index (Phi) is 3.17. The van der Waals surface area contributed by atoms with Crippen LogP contribution < -0.4 is 0 Å². The summed E-state index contributed by atoms with van der Waals surface area (Å²) >= 11 is 1.45. The van der Waals surface area contributed by atoms with Gasteiger partial charge in [-0.2, -0.15) is 0 Å². The molecule has 2 fully saturated rings. The Labute approximate surface area is 117 Å². The molecule has 2 bridgehead atoms. The molecule has 3 heterocycles. The van der Waals surface area contributed by atoms with Gasteiger partial charge in [0.25, 0.3) is 5.91 Å². The maximum atomic E-state index is 12.5. The smallest absolute Gasteiger partial charge is 0.264 e. The average molecular weight is 299 g/mol. The normalized spacial score (nSPS) is 30.6. The second-order valence-corrected chi connectivity index (χ2v) is 8.77. The standard InChI is InChI=1S/C13H17NO3S2/c1-19(16,17)11-7-9-4-5-10(8-11)14(9)13(15)12-3-2-6-18-12/h2-3,6,9-11H,4-5,7-8H2,1H3. The van der Waals surface area contributed by atoms with Gasteiger partial charge in [0.05, 0.1) is 10.1 Å². The fraction of sp³-hybridized carbons (Fsp3) is 0.615. The lowest BCUT2D eigenvalue weighted by Crippen LogP contribution is -2.49. The minimum Gasteiger partial charge on any atom is -0.332 e. The van der Waals surface area contributed by atoms with Gasteiger partial charge in [-0.1, -0.05) is 6.07 Å². The first-order valence-electron chi connectivity index (χ1n) is 6.52. The van der Waals surface area contributed by atoms with Crippen LogP contribution in [0, 0.1) is 0 Å². The number of sulfone groups is 1. The van der Waals surface area contributed by atoms with E-state index in [0.717, 1.165) is 17.7 Å². The summed E-state index contributed by atoms with van der Waals surface area (Å²) in [5.41, 5.74) is 0. The summed E-state index contributed by atoms with van der Waals surface area (Å²) in [4.78, 5) is 15.2. The van der Waals surface area contributed by atoms with Crippen molar-refractivity contribution in [2.75, 3.05) is 6.26 Å². The molecule has 104 valence electrons. The first-order valence-corrected chi connectivity index (χ1v) is 9.35. The number of carbonyl (C=O) groups is 1. The second kappa shape index (κ2) is 4.59. The van der Waals surface area contributed by atoms with Crippen molar-refractivity contribution >= 4 is 27.1 Å². The van der Waals surface area contributed by atoms with Crippen molar-refractivity contribution in [1.29, 1.82) is 0 Å². The van der Waals surface area contributed by atoms with Crippen LogP contribution in [0.1, 0.15) is 35.4 Å². The molecule has 0 aliphatic carbocycles. The fourth-order valence-electron chi connectivity index (χ4n) is 3.34. The van der Waals surface area contributed by atoms with Crippen molar-refractivity contribution in [2.24, 2.45) is 0 Å². The third-order valence-corrected chi connectivity index (χ3v) is 6.72.